The van der Waals surface area contributed by atoms with Crippen molar-refractivity contribution in [3.8, 4) is 0 Å². The van der Waals surface area contributed by atoms with Gasteiger partial charge in [-0.3, -0.25) is 0 Å². The largest absolute Gasteiger partial charge is 0.193 e. The first kappa shape index (κ1) is 8.96. The summed E-state index contributed by atoms with van der Waals surface area (Å²) in [6.45, 7) is 0. The van der Waals surface area contributed by atoms with Crippen molar-refractivity contribution in [1.29, 1.82) is 0 Å². The first-order valence-electron chi connectivity index (χ1n) is 3.32. The minimum absolute atomic E-state index is 0.117. The van der Waals surface area contributed by atoms with Crippen molar-refractivity contribution in [3.63, 3.8) is 0 Å². The van der Waals surface area contributed by atoms with Gasteiger partial charge in [-0.25, -0.2) is 0 Å². The monoisotopic (exact) mass is 198 g/mol. The van der Waals surface area contributed by atoms with Gasteiger partial charge in [0.1, 0.15) is 0 Å². The van der Waals surface area contributed by atoms with Gasteiger partial charge in [0, 0.05) is 5.92 Å². The van der Waals surface area contributed by atoms with Crippen LogP contribution in [0.2, 0.25) is 0 Å². The second-order valence-corrected chi connectivity index (χ2v) is 4.85. The Morgan fingerprint density at radius 3 is 2.20 bits per heavy atom. The quantitative estimate of drug-likeness (QED) is 0.523. The molecule has 0 heterocycles. The van der Waals surface area contributed by atoms with Crippen LogP contribution in [0, 0.1) is 18.8 Å². The van der Waals surface area contributed by atoms with Crippen molar-refractivity contribution in [1.82, 2.24) is 0 Å². The van der Waals surface area contributed by atoms with Gasteiger partial charge in [-0.15, -0.1) is 0 Å². The smallest absolute Gasteiger partial charge is 0.0834 e. The molecule has 1 aliphatic carbocycles. The highest BCUT2D eigenvalue weighted by Gasteiger charge is 2.33. The molecule has 0 aliphatic heterocycles. The molecule has 0 aromatic carbocycles. The lowest BCUT2D eigenvalue weighted by atomic mass is 9.90. The van der Waals surface area contributed by atoms with E-state index in [1.807, 2.05) is 0 Å². The van der Waals surface area contributed by atoms with E-state index in [9.17, 15) is 0 Å². The van der Waals surface area contributed by atoms with E-state index in [0.717, 1.165) is 19.3 Å². The van der Waals surface area contributed by atoms with Gasteiger partial charge in [0.2, 0.25) is 0 Å². The normalized spacial score (nSPS) is 23.1. The van der Waals surface area contributed by atoms with Crippen molar-refractivity contribution >= 4 is 34.8 Å². The van der Waals surface area contributed by atoms with E-state index >= 15 is 0 Å². The molecular formula is C7H9Cl3. The first-order valence-corrected chi connectivity index (χ1v) is 4.46. The Morgan fingerprint density at radius 2 is 1.90 bits per heavy atom. The SMILES string of the molecule is ClC(Cl)(Cl)C1[CH]CC[CH]C1. The molecule has 0 amide bonds. The van der Waals surface area contributed by atoms with Crippen LogP contribution in [0.5, 0.6) is 0 Å². The summed E-state index contributed by atoms with van der Waals surface area (Å²) in [5, 5.41) is 0. The molecule has 0 N–H and O–H groups in total. The van der Waals surface area contributed by atoms with Crippen LogP contribution >= 0.6 is 34.8 Å². The van der Waals surface area contributed by atoms with Crippen LogP contribution < -0.4 is 0 Å². The van der Waals surface area contributed by atoms with Crippen molar-refractivity contribution in [3.05, 3.63) is 12.8 Å². The molecule has 1 rings (SSSR count). The second kappa shape index (κ2) is 3.51. The molecule has 0 aromatic heterocycles. The highest BCUT2D eigenvalue weighted by atomic mass is 35.6. The van der Waals surface area contributed by atoms with Crippen LogP contribution in [0.25, 0.3) is 0 Å². The molecule has 3 heteroatoms. The van der Waals surface area contributed by atoms with Gasteiger partial charge in [-0.1, -0.05) is 34.8 Å². The summed E-state index contributed by atoms with van der Waals surface area (Å²) in [7, 11) is 0. The minimum Gasteiger partial charge on any atom is -0.0834 e. The van der Waals surface area contributed by atoms with E-state index < -0.39 is 3.79 Å². The third kappa shape index (κ3) is 2.48. The van der Waals surface area contributed by atoms with Crippen molar-refractivity contribution in [2.24, 2.45) is 5.92 Å². The lowest BCUT2D eigenvalue weighted by molar-refractivity contribution is 0.525. The van der Waals surface area contributed by atoms with Gasteiger partial charge in [0.15, 0.2) is 3.79 Å². The predicted molar refractivity (Wildman–Crippen MR) is 46.2 cm³/mol. The number of rotatable bonds is 0. The van der Waals surface area contributed by atoms with E-state index in [-0.39, 0.29) is 5.92 Å². The van der Waals surface area contributed by atoms with Gasteiger partial charge < -0.3 is 0 Å². The molecule has 1 fully saturated rings. The molecule has 58 valence electrons. The zero-order valence-corrected chi connectivity index (χ0v) is 7.76. The van der Waals surface area contributed by atoms with E-state index in [0.29, 0.717) is 0 Å². The number of hydrogen-bond donors (Lipinski definition) is 0. The maximum absolute atomic E-state index is 5.69. The standard InChI is InChI=1S/C7H9Cl3/c8-7(9,10)6-4-2-1-3-5-6/h2,5-6H,1,3-4H2. The van der Waals surface area contributed by atoms with E-state index in [4.69, 9.17) is 34.8 Å². The summed E-state index contributed by atoms with van der Waals surface area (Å²) in [6, 6.07) is 0. The fourth-order valence-electron chi connectivity index (χ4n) is 1.08. The number of alkyl halides is 3. The third-order valence-corrected chi connectivity index (χ3v) is 2.50. The average molecular weight is 200 g/mol. The van der Waals surface area contributed by atoms with Crippen LogP contribution in [0.4, 0.5) is 0 Å². The fraction of sp³-hybridized carbons (Fsp3) is 0.714. The maximum atomic E-state index is 5.69. The summed E-state index contributed by atoms with van der Waals surface area (Å²) in [4.78, 5) is 0. The third-order valence-electron chi connectivity index (χ3n) is 1.66. The molecule has 2 radical (unpaired) electrons. The lowest BCUT2D eigenvalue weighted by Gasteiger charge is -2.27. The van der Waals surface area contributed by atoms with Crippen molar-refractivity contribution < 1.29 is 0 Å². The predicted octanol–water partition coefficient (Wildman–Crippen LogP) is 3.57. The Hall–Kier alpha value is 0.870. The van der Waals surface area contributed by atoms with Gasteiger partial charge in [-0.05, 0) is 32.1 Å². The highest BCUT2D eigenvalue weighted by Crippen LogP contribution is 2.41. The van der Waals surface area contributed by atoms with Gasteiger partial charge in [0.05, 0.1) is 0 Å². The molecule has 1 saturated carbocycles. The number of hydrogen-bond acceptors (Lipinski definition) is 0. The summed E-state index contributed by atoms with van der Waals surface area (Å²) < 4.78 is -1.10. The molecule has 0 aromatic rings. The molecule has 1 unspecified atom stereocenters. The highest BCUT2D eigenvalue weighted by molar-refractivity contribution is 6.67. The molecule has 0 bridgehead atoms. The molecule has 10 heavy (non-hydrogen) atoms. The molecule has 1 aliphatic rings. The Bertz CT molecular complexity index is 99.9. The summed E-state index contributed by atoms with van der Waals surface area (Å²) in [5.41, 5.74) is 0. The fourth-order valence-corrected chi connectivity index (χ4v) is 1.61. The average Bonchev–Trinajstić information content (AvgIpc) is 1.88. The second-order valence-electron chi connectivity index (χ2n) is 2.49. The Morgan fingerprint density at radius 1 is 1.20 bits per heavy atom. The van der Waals surface area contributed by atoms with Crippen LogP contribution in [0.1, 0.15) is 19.3 Å². The van der Waals surface area contributed by atoms with Crippen LogP contribution in [0.3, 0.4) is 0 Å². The Labute approximate surface area is 76.8 Å². The zero-order valence-electron chi connectivity index (χ0n) is 5.49. The molecule has 1 atom stereocenters. The van der Waals surface area contributed by atoms with E-state index in [2.05, 4.69) is 12.8 Å². The van der Waals surface area contributed by atoms with Crippen LogP contribution in [-0.4, -0.2) is 3.79 Å². The topological polar surface area (TPSA) is 0 Å². The molecule has 0 spiro atoms. The summed E-state index contributed by atoms with van der Waals surface area (Å²) >= 11 is 17.1. The molecule has 0 saturated heterocycles. The van der Waals surface area contributed by atoms with Gasteiger partial charge >= 0.3 is 0 Å². The number of halogens is 3. The van der Waals surface area contributed by atoms with Crippen molar-refractivity contribution in [2.75, 3.05) is 0 Å². The first-order chi connectivity index (χ1) is 4.61. The van der Waals surface area contributed by atoms with E-state index in [1.54, 1.807) is 0 Å². The van der Waals surface area contributed by atoms with E-state index in [1.165, 1.54) is 0 Å². The summed E-state index contributed by atoms with van der Waals surface area (Å²) in [6.07, 6.45) is 7.33. The zero-order chi connectivity index (χ0) is 7.61. The molecule has 0 nitrogen and oxygen atoms in total. The Balaban J connectivity index is 2.39. The lowest BCUT2D eigenvalue weighted by Crippen LogP contribution is -2.22. The van der Waals surface area contributed by atoms with Crippen LogP contribution in [0.15, 0.2) is 0 Å². The Kier molecular flexibility index (Phi) is 3.15. The maximum Gasteiger partial charge on any atom is 0.193 e. The van der Waals surface area contributed by atoms with Gasteiger partial charge in [0.25, 0.3) is 0 Å². The van der Waals surface area contributed by atoms with Crippen molar-refractivity contribution in [2.45, 2.75) is 23.1 Å². The summed E-state index contributed by atoms with van der Waals surface area (Å²) in [5.74, 6) is 0.117. The molecular weight excluding hydrogens is 190 g/mol. The minimum atomic E-state index is -1.10. The van der Waals surface area contributed by atoms with Gasteiger partial charge in [-0.2, -0.15) is 0 Å². The van der Waals surface area contributed by atoms with Crippen LogP contribution in [-0.2, 0) is 0 Å².